The summed E-state index contributed by atoms with van der Waals surface area (Å²) in [5.74, 6) is 0. The maximum absolute atomic E-state index is 11.1. The molecule has 96 valence electrons. The minimum absolute atomic E-state index is 0.0772. The molecular weight excluding hydrogens is 238 g/mol. The molecule has 1 saturated heterocycles. The van der Waals surface area contributed by atoms with E-state index in [0.717, 1.165) is 19.3 Å². The van der Waals surface area contributed by atoms with Crippen molar-refractivity contribution in [1.82, 2.24) is 4.90 Å². The maximum atomic E-state index is 11.1. The van der Waals surface area contributed by atoms with Crippen molar-refractivity contribution in [3.05, 3.63) is 45.5 Å². The van der Waals surface area contributed by atoms with Gasteiger partial charge >= 0.3 is 0 Å². The number of nitro groups is 1. The summed E-state index contributed by atoms with van der Waals surface area (Å²) in [5, 5.41) is 22.0. The standard InChI is InChI=1S/C11H13N3O4/c15-13-4-2-11(14(16)17)10(9-13)1-3-12-5-7-18-8-6-12/h1-4,9H,5-8H2. The second-order valence-electron chi connectivity index (χ2n) is 3.87. The molecule has 7 nitrogen and oxygen atoms in total. The van der Waals surface area contributed by atoms with Crippen LogP contribution in [0, 0.1) is 15.3 Å². The zero-order valence-corrected chi connectivity index (χ0v) is 9.69. The fourth-order valence-electron chi connectivity index (χ4n) is 1.69. The molecule has 0 bridgehead atoms. The van der Waals surface area contributed by atoms with Crippen LogP contribution in [-0.2, 0) is 4.74 Å². The van der Waals surface area contributed by atoms with Crippen molar-refractivity contribution in [3.63, 3.8) is 0 Å². The molecule has 1 fully saturated rings. The van der Waals surface area contributed by atoms with Gasteiger partial charge in [0, 0.05) is 19.3 Å². The van der Waals surface area contributed by atoms with Crippen LogP contribution in [0.4, 0.5) is 5.69 Å². The number of morpholine rings is 1. The Morgan fingerprint density at radius 2 is 2.17 bits per heavy atom. The van der Waals surface area contributed by atoms with E-state index in [1.807, 2.05) is 4.90 Å². The Morgan fingerprint density at radius 3 is 2.83 bits per heavy atom. The first-order valence-electron chi connectivity index (χ1n) is 5.54. The lowest BCUT2D eigenvalue weighted by Gasteiger charge is -2.24. The molecular formula is C11H13N3O4. The van der Waals surface area contributed by atoms with E-state index in [2.05, 4.69) is 0 Å². The van der Waals surface area contributed by atoms with Gasteiger partial charge in [0.05, 0.1) is 24.2 Å². The minimum atomic E-state index is -0.501. The Bertz CT molecular complexity index is 469. The Hall–Kier alpha value is -2.15. The highest BCUT2D eigenvalue weighted by molar-refractivity contribution is 5.58. The molecule has 0 radical (unpaired) electrons. The van der Waals surface area contributed by atoms with Gasteiger partial charge < -0.3 is 14.8 Å². The lowest BCUT2D eigenvalue weighted by molar-refractivity contribution is -0.606. The zero-order chi connectivity index (χ0) is 13.0. The molecule has 0 N–H and O–H groups in total. The van der Waals surface area contributed by atoms with E-state index in [0.29, 0.717) is 23.5 Å². The number of hydrogen-bond donors (Lipinski definition) is 0. The summed E-state index contributed by atoms with van der Waals surface area (Å²) in [5.41, 5.74) is 0.218. The Morgan fingerprint density at radius 1 is 1.44 bits per heavy atom. The van der Waals surface area contributed by atoms with Gasteiger partial charge in [0.2, 0.25) is 0 Å². The van der Waals surface area contributed by atoms with Crippen LogP contribution in [0.2, 0.25) is 0 Å². The molecule has 1 aliphatic rings. The van der Waals surface area contributed by atoms with Gasteiger partial charge in [-0.15, -0.1) is 0 Å². The largest absolute Gasteiger partial charge is 0.619 e. The van der Waals surface area contributed by atoms with Crippen molar-refractivity contribution in [2.45, 2.75) is 0 Å². The average molecular weight is 251 g/mol. The van der Waals surface area contributed by atoms with Gasteiger partial charge in [-0.25, -0.2) is 0 Å². The molecule has 18 heavy (non-hydrogen) atoms. The number of nitrogens with zero attached hydrogens (tertiary/aromatic N) is 3. The molecule has 0 aliphatic carbocycles. The second kappa shape index (κ2) is 5.46. The average Bonchev–Trinajstić information content (AvgIpc) is 2.37. The van der Waals surface area contributed by atoms with Crippen LogP contribution in [0.15, 0.2) is 24.7 Å². The number of ether oxygens (including phenoxy) is 1. The van der Waals surface area contributed by atoms with Crippen molar-refractivity contribution in [2.24, 2.45) is 0 Å². The summed E-state index contributed by atoms with van der Waals surface area (Å²) in [6, 6.07) is 1.20. The molecule has 0 atom stereocenters. The maximum Gasteiger partial charge on any atom is 0.288 e. The van der Waals surface area contributed by atoms with Gasteiger partial charge in [0.1, 0.15) is 5.56 Å². The summed E-state index contributed by atoms with van der Waals surface area (Å²) in [4.78, 5) is 12.3. The quantitative estimate of drug-likeness (QED) is 0.339. The predicted molar refractivity (Wildman–Crippen MR) is 63.5 cm³/mol. The van der Waals surface area contributed by atoms with Crippen LogP contribution in [0.5, 0.6) is 0 Å². The first-order chi connectivity index (χ1) is 8.66. The van der Waals surface area contributed by atoms with Crippen molar-refractivity contribution in [1.29, 1.82) is 0 Å². The van der Waals surface area contributed by atoms with E-state index in [-0.39, 0.29) is 5.69 Å². The van der Waals surface area contributed by atoms with Gasteiger partial charge in [-0.05, 0) is 6.08 Å². The molecule has 0 aromatic carbocycles. The first kappa shape index (κ1) is 12.3. The highest BCUT2D eigenvalue weighted by atomic mass is 16.6. The number of rotatable bonds is 3. The van der Waals surface area contributed by atoms with Crippen LogP contribution in [0.3, 0.4) is 0 Å². The van der Waals surface area contributed by atoms with Gasteiger partial charge in [0.25, 0.3) is 5.69 Å². The van der Waals surface area contributed by atoms with Crippen molar-refractivity contribution in [3.8, 4) is 0 Å². The number of pyridine rings is 1. The lowest BCUT2D eigenvalue weighted by Crippen LogP contribution is -2.32. The SMILES string of the molecule is O=[N+]([O-])c1cc[n+]([O-])cc1C=CN1CCOCC1. The van der Waals surface area contributed by atoms with Crippen LogP contribution in [-0.4, -0.2) is 36.1 Å². The number of aromatic nitrogens is 1. The molecule has 7 heteroatoms. The highest BCUT2D eigenvalue weighted by Gasteiger charge is 2.15. The monoisotopic (exact) mass is 251 g/mol. The highest BCUT2D eigenvalue weighted by Crippen LogP contribution is 2.17. The summed E-state index contributed by atoms with van der Waals surface area (Å²) in [6.07, 6.45) is 5.64. The Labute approximate surface area is 104 Å². The van der Waals surface area contributed by atoms with E-state index in [1.165, 1.54) is 12.3 Å². The summed E-state index contributed by atoms with van der Waals surface area (Å²) >= 11 is 0. The molecule has 0 spiro atoms. The van der Waals surface area contributed by atoms with Gasteiger partial charge in [-0.1, -0.05) is 0 Å². The van der Waals surface area contributed by atoms with Crippen molar-refractivity contribution < 1.29 is 14.4 Å². The predicted octanol–water partition coefficient (Wildman–Crippen LogP) is 0.531. The third kappa shape index (κ3) is 2.95. The summed E-state index contributed by atoms with van der Waals surface area (Å²) < 4.78 is 5.74. The fourth-order valence-corrected chi connectivity index (χ4v) is 1.69. The molecule has 1 aromatic heterocycles. The Balaban J connectivity index is 2.18. The third-order valence-electron chi connectivity index (χ3n) is 2.65. The minimum Gasteiger partial charge on any atom is -0.619 e. The second-order valence-corrected chi connectivity index (χ2v) is 3.87. The molecule has 0 amide bonds. The normalized spacial score (nSPS) is 16.1. The van der Waals surface area contributed by atoms with Crippen LogP contribution in [0.1, 0.15) is 5.56 Å². The van der Waals surface area contributed by atoms with Crippen LogP contribution in [0.25, 0.3) is 6.08 Å². The van der Waals surface area contributed by atoms with Gasteiger partial charge in [0.15, 0.2) is 12.4 Å². The van der Waals surface area contributed by atoms with E-state index < -0.39 is 4.92 Å². The smallest absolute Gasteiger partial charge is 0.288 e. The van der Waals surface area contributed by atoms with Crippen LogP contribution < -0.4 is 4.73 Å². The van der Waals surface area contributed by atoms with Crippen molar-refractivity contribution >= 4 is 11.8 Å². The molecule has 0 saturated carbocycles. The zero-order valence-electron chi connectivity index (χ0n) is 9.69. The third-order valence-corrected chi connectivity index (χ3v) is 2.65. The summed E-state index contributed by atoms with van der Waals surface area (Å²) in [7, 11) is 0. The molecule has 1 aromatic rings. The molecule has 2 heterocycles. The van der Waals surface area contributed by atoms with Crippen molar-refractivity contribution in [2.75, 3.05) is 26.3 Å². The van der Waals surface area contributed by atoms with Gasteiger partial charge in [-0.2, -0.15) is 4.73 Å². The topological polar surface area (TPSA) is 82.5 Å². The van der Waals surface area contributed by atoms with Gasteiger partial charge in [-0.3, -0.25) is 10.1 Å². The number of hydrogen-bond acceptors (Lipinski definition) is 5. The Kier molecular flexibility index (Phi) is 3.73. The lowest BCUT2D eigenvalue weighted by atomic mass is 10.2. The fraction of sp³-hybridized carbons (Fsp3) is 0.364. The van der Waals surface area contributed by atoms with E-state index >= 15 is 0 Å². The molecule has 0 unspecified atom stereocenters. The van der Waals surface area contributed by atoms with E-state index in [1.54, 1.807) is 12.3 Å². The van der Waals surface area contributed by atoms with Crippen LogP contribution >= 0.6 is 0 Å². The first-order valence-corrected chi connectivity index (χ1v) is 5.54. The van der Waals surface area contributed by atoms with E-state index in [4.69, 9.17) is 4.74 Å². The van der Waals surface area contributed by atoms with E-state index in [9.17, 15) is 15.3 Å². The molecule has 1 aliphatic heterocycles. The summed E-state index contributed by atoms with van der Waals surface area (Å²) in [6.45, 7) is 2.77. The molecule has 2 rings (SSSR count).